The number of carboxylic acids is 1. The van der Waals surface area contributed by atoms with E-state index in [1.54, 1.807) is 0 Å². The van der Waals surface area contributed by atoms with Crippen molar-refractivity contribution in [2.75, 3.05) is 18.2 Å². The highest BCUT2D eigenvalue weighted by atomic mass is 32.2. The van der Waals surface area contributed by atoms with Crippen LogP contribution < -0.4 is 5.73 Å². The molecule has 0 aromatic heterocycles. The van der Waals surface area contributed by atoms with Gasteiger partial charge in [-0.3, -0.25) is 4.79 Å². The van der Waals surface area contributed by atoms with E-state index in [4.69, 9.17) is 10.8 Å². The Morgan fingerprint density at radius 1 is 1.50 bits per heavy atom. The van der Waals surface area contributed by atoms with Gasteiger partial charge in [-0.15, -0.1) is 11.8 Å². The second-order valence-corrected chi connectivity index (χ2v) is 6.15. The number of hydrogen-bond donors (Lipinski definition) is 2. The van der Waals surface area contributed by atoms with Gasteiger partial charge < -0.3 is 15.7 Å². The van der Waals surface area contributed by atoms with Gasteiger partial charge in [0.15, 0.2) is 0 Å². The predicted octanol–water partition coefficient (Wildman–Crippen LogP) is 0.984. The largest absolute Gasteiger partial charge is 0.480 e. The molecule has 2 unspecified atom stereocenters. The number of hydrogen-bond acceptors (Lipinski definition) is 4. The minimum absolute atomic E-state index is 0.0801. The summed E-state index contributed by atoms with van der Waals surface area (Å²) in [6.45, 7) is 4.67. The first kappa shape index (κ1) is 15.3. The van der Waals surface area contributed by atoms with Crippen molar-refractivity contribution >= 4 is 23.6 Å². The van der Waals surface area contributed by atoms with Gasteiger partial charge in [0.25, 0.3) is 0 Å². The molecule has 0 radical (unpaired) electrons. The molecule has 1 rings (SSSR count). The van der Waals surface area contributed by atoms with Crippen LogP contribution in [0.3, 0.4) is 0 Å². The van der Waals surface area contributed by atoms with Crippen molar-refractivity contribution in [3.63, 3.8) is 0 Å². The molecule has 1 fully saturated rings. The summed E-state index contributed by atoms with van der Waals surface area (Å²) in [6, 6.07) is -0.667. The number of carbonyl (C=O) groups excluding carboxylic acids is 1. The van der Waals surface area contributed by atoms with Crippen LogP contribution in [0.2, 0.25) is 0 Å². The highest BCUT2D eigenvalue weighted by molar-refractivity contribution is 7.99. The lowest BCUT2D eigenvalue weighted by atomic mass is 9.93. The van der Waals surface area contributed by atoms with Crippen LogP contribution in [0.25, 0.3) is 0 Å². The van der Waals surface area contributed by atoms with E-state index in [9.17, 15) is 9.59 Å². The number of nitrogens with zero attached hydrogens (tertiary/aromatic N) is 1. The molecule has 0 spiro atoms. The molecule has 0 bridgehead atoms. The Labute approximate surface area is 112 Å². The molecule has 0 aliphatic carbocycles. The van der Waals surface area contributed by atoms with Gasteiger partial charge in [0, 0.05) is 12.2 Å². The van der Waals surface area contributed by atoms with Gasteiger partial charge in [-0.2, -0.15) is 0 Å². The molecule has 0 aromatic carbocycles. The molecule has 2 atom stereocenters. The minimum Gasteiger partial charge on any atom is -0.480 e. The lowest BCUT2D eigenvalue weighted by Gasteiger charge is -2.24. The second-order valence-electron chi connectivity index (χ2n) is 5.15. The third kappa shape index (κ3) is 4.17. The fourth-order valence-electron chi connectivity index (χ4n) is 2.19. The number of aliphatic carboxylic acids is 1. The highest BCUT2D eigenvalue weighted by Crippen LogP contribution is 2.24. The summed E-state index contributed by atoms with van der Waals surface area (Å²) >= 11 is 1.49. The Hall–Kier alpha value is -0.750. The first-order valence-electron chi connectivity index (χ1n) is 6.25. The molecule has 1 aliphatic rings. The molecule has 1 aliphatic heterocycles. The second kappa shape index (κ2) is 6.99. The molecule has 0 saturated carbocycles. The molecule has 0 aromatic rings. The Balaban J connectivity index is 2.55. The van der Waals surface area contributed by atoms with Gasteiger partial charge in [-0.25, -0.2) is 4.79 Å². The summed E-state index contributed by atoms with van der Waals surface area (Å²) in [4.78, 5) is 24.6. The van der Waals surface area contributed by atoms with Gasteiger partial charge in [-0.1, -0.05) is 13.8 Å². The zero-order valence-corrected chi connectivity index (χ0v) is 11.8. The van der Waals surface area contributed by atoms with Gasteiger partial charge >= 0.3 is 5.97 Å². The van der Waals surface area contributed by atoms with E-state index >= 15 is 0 Å². The van der Waals surface area contributed by atoms with Crippen LogP contribution in [0, 0.1) is 11.8 Å². The van der Waals surface area contributed by atoms with E-state index in [1.807, 2.05) is 0 Å². The molecule has 18 heavy (non-hydrogen) atoms. The van der Waals surface area contributed by atoms with Gasteiger partial charge in [0.1, 0.15) is 6.04 Å². The van der Waals surface area contributed by atoms with E-state index in [1.165, 1.54) is 16.7 Å². The van der Waals surface area contributed by atoms with E-state index in [0.717, 1.165) is 6.42 Å². The normalized spacial score (nSPS) is 21.3. The number of thioether (sulfide) groups is 1. The molecular formula is C12H22N2O3S. The maximum absolute atomic E-state index is 12.1. The van der Waals surface area contributed by atoms with Gasteiger partial charge in [0.05, 0.1) is 5.88 Å². The minimum atomic E-state index is -0.915. The molecule has 3 N–H and O–H groups in total. The van der Waals surface area contributed by atoms with Crippen molar-refractivity contribution in [1.82, 2.24) is 4.90 Å². The summed E-state index contributed by atoms with van der Waals surface area (Å²) in [5.41, 5.74) is 5.67. The maximum atomic E-state index is 12.1. The fraction of sp³-hybridized carbons (Fsp3) is 0.833. The smallest absolute Gasteiger partial charge is 0.327 e. The zero-order chi connectivity index (χ0) is 13.7. The summed E-state index contributed by atoms with van der Waals surface area (Å²) in [7, 11) is 0. The Morgan fingerprint density at radius 2 is 2.17 bits per heavy atom. The number of amides is 1. The van der Waals surface area contributed by atoms with Crippen molar-refractivity contribution in [3.05, 3.63) is 0 Å². The number of carbonyl (C=O) groups is 2. The molecule has 1 heterocycles. The van der Waals surface area contributed by atoms with Crippen molar-refractivity contribution in [1.29, 1.82) is 0 Å². The topological polar surface area (TPSA) is 83.6 Å². The first-order valence-corrected chi connectivity index (χ1v) is 7.41. The van der Waals surface area contributed by atoms with Gasteiger partial charge in [-0.05, 0) is 24.8 Å². The number of nitrogens with two attached hydrogens (primary N) is 1. The average Bonchev–Trinajstić information content (AvgIpc) is 2.76. The summed E-state index contributed by atoms with van der Waals surface area (Å²) in [6.07, 6.45) is 1.26. The highest BCUT2D eigenvalue weighted by Gasteiger charge is 2.34. The number of rotatable bonds is 6. The third-order valence-corrected chi connectivity index (χ3v) is 4.10. The average molecular weight is 274 g/mol. The van der Waals surface area contributed by atoms with Crippen LogP contribution in [-0.4, -0.2) is 46.1 Å². The van der Waals surface area contributed by atoms with Crippen LogP contribution in [0.5, 0.6) is 0 Å². The fourth-order valence-corrected chi connectivity index (χ4v) is 3.36. The molecule has 104 valence electrons. The maximum Gasteiger partial charge on any atom is 0.327 e. The molecule has 6 heteroatoms. The monoisotopic (exact) mass is 274 g/mol. The van der Waals surface area contributed by atoms with Crippen LogP contribution in [-0.2, 0) is 9.59 Å². The van der Waals surface area contributed by atoms with E-state index < -0.39 is 12.0 Å². The van der Waals surface area contributed by atoms with Gasteiger partial charge in [0.2, 0.25) is 5.91 Å². The van der Waals surface area contributed by atoms with Crippen LogP contribution >= 0.6 is 11.8 Å². The summed E-state index contributed by atoms with van der Waals surface area (Å²) in [5, 5.41) is 9.04. The molecule has 1 amide bonds. The van der Waals surface area contributed by atoms with E-state index in [2.05, 4.69) is 13.8 Å². The van der Waals surface area contributed by atoms with Crippen molar-refractivity contribution in [2.24, 2.45) is 17.6 Å². The number of carboxylic acid groups (broad SMARTS) is 1. The van der Waals surface area contributed by atoms with Crippen LogP contribution in [0.15, 0.2) is 0 Å². The standard InChI is InChI=1S/C12H22N2O3S/c1-8(2)3-9(5-13)4-11(15)14-7-18-6-10(14)12(16)17/h8-10H,3-7,13H2,1-2H3,(H,16,17). The van der Waals surface area contributed by atoms with Crippen molar-refractivity contribution < 1.29 is 14.7 Å². The SMILES string of the molecule is CC(C)CC(CN)CC(=O)N1CSCC1C(=O)O. The Kier molecular flexibility index (Phi) is 5.95. The third-order valence-electron chi connectivity index (χ3n) is 3.09. The zero-order valence-electron chi connectivity index (χ0n) is 11.0. The van der Waals surface area contributed by atoms with E-state index in [-0.39, 0.29) is 11.8 Å². The summed E-state index contributed by atoms with van der Waals surface area (Å²) < 4.78 is 0. The Morgan fingerprint density at radius 3 is 2.67 bits per heavy atom. The predicted molar refractivity (Wildman–Crippen MR) is 72.2 cm³/mol. The lowest BCUT2D eigenvalue weighted by Crippen LogP contribution is -2.42. The van der Waals surface area contributed by atoms with Crippen molar-refractivity contribution in [2.45, 2.75) is 32.7 Å². The first-order chi connectivity index (χ1) is 8.45. The van der Waals surface area contributed by atoms with Crippen molar-refractivity contribution in [3.8, 4) is 0 Å². The quantitative estimate of drug-likeness (QED) is 0.754. The lowest BCUT2D eigenvalue weighted by molar-refractivity contribution is -0.148. The molecule has 5 nitrogen and oxygen atoms in total. The Bertz CT molecular complexity index is 310. The van der Waals surface area contributed by atoms with Crippen LogP contribution in [0.1, 0.15) is 26.7 Å². The summed E-state index contributed by atoms with van der Waals surface area (Å²) in [5.74, 6) is 0.616. The van der Waals surface area contributed by atoms with E-state index in [0.29, 0.717) is 30.5 Å². The molecular weight excluding hydrogens is 252 g/mol. The van der Waals surface area contributed by atoms with Crippen LogP contribution in [0.4, 0.5) is 0 Å². The molecule has 1 saturated heterocycles.